The molecule has 0 aromatic heterocycles. The van der Waals surface area contributed by atoms with Gasteiger partial charge in [-0.25, -0.2) is 0 Å². The Bertz CT molecular complexity index is 423. The van der Waals surface area contributed by atoms with Gasteiger partial charge in [-0.05, 0) is 12.1 Å². The van der Waals surface area contributed by atoms with E-state index in [4.69, 9.17) is 25.8 Å². The molecule has 0 aliphatic rings. The topological polar surface area (TPSA) is 56.8 Å². The molecule has 0 aliphatic carbocycles. The van der Waals surface area contributed by atoms with E-state index in [1.165, 1.54) is 20.3 Å². The van der Waals surface area contributed by atoms with Crippen molar-refractivity contribution < 1.29 is 19.0 Å². The molecule has 0 heterocycles. The molecule has 0 atom stereocenters. The Hall–Kier alpha value is -1.46. The fraction of sp³-hybridized carbons (Fsp3) is 0.417. The summed E-state index contributed by atoms with van der Waals surface area (Å²) in [4.78, 5) is 11.8. The van der Waals surface area contributed by atoms with E-state index >= 15 is 0 Å². The number of hydrogen-bond acceptors (Lipinski definition) is 4. The first-order valence-electron chi connectivity index (χ1n) is 5.32. The van der Waals surface area contributed by atoms with Crippen LogP contribution < -0.4 is 14.8 Å². The quantitative estimate of drug-likeness (QED) is 0.802. The second-order valence-electron chi connectivity index (χ2n) is 3.44. The lowest BCUT2D eigenvalue weighted by Gasteiger charge is -2.11. The molecule has 0 bridgehead atoms. The van der Waals surface area contributed by atoms with Crippen LogP contribution in [0.25, 0.3) is 0 Å². The molecule has 1 aromatic carbocycles. The molecule has 18 heavy (non-hydrogen) atoms. The Morgan fingerprint density at radius 2 is 2.00 bits per heavy atom. The Kier molecular flexibility index (Phi) is 5.74. The van der Waals surface area contributed by atoms with Crippen LogP contribution in [0.5, 0.6) is 11.5 Å². The molecule has 6 heteroatoms. The van der Waals surface area contributed by atoms with E-state index in [2.05, 4.69) is 5.32 Å². The lowest BCUT2D eigenvalue weighted by Crippen LogP contribution is -2.26. The lowest BCUT2D eigenvalue weighted by molar-refractivity contribution is 0.0936. The van der Waals surface area contributed by atoms with E-state index in [-0.39, 0.29) is 5.91 Å². The minimum absolute atomic E-state index is 0.241. The summed E-state index contributed by atoms with van der Waals surface area (Å²) in [6.45, 7) is 0.883. The molecule has 0 saturated carbocycles. The largest absolute Gasteiger partial charge is 0.493 e. The summed E-state index contributed by atoms with van der Waals surface area (Å²) < 4.78 is 15.1. The molecule has 0 spiro atoms. The zero-order valence-electron chi connectivity index (χ0n) is 10.6. The molecule has 1 aromatic rings. The van der Waals surface area contributed by atoms with Gasteiger partial charge in [0.25, 0.3) is 5.91 Å². The normalized spacial score (nSPS) is 10.0. The average Bonchev–Trinajstić information content (AvgIpc) is 2.37. The maximum absolute atomic E-state index is 11.8. The fourth-order valence-corrected chi connectivity index (χ4v) is 1.71. The van der Waals surface area contributed by atoms with Gasteiger partial charge in [-0.1, -0.05) is 11.6 Å². The minimum Gasteiger partial charge on any atom is -0.493 e. The van der Waals surface area contributed by atoms with Crippen LogP contribution in [0, 0.1) is 0 Å². The summed E-state index contributed by atoms with van der Waals surface area (Å²) in [7, 11) is 4.54. The number of halogens is 1. The van der Waals surface area contributed by atoms with Gasteiger partial charge in [-0.2, -0.15) is 0 Å². The Morgan fingerprint density at radius 1 is 1.28 bits per heavy atom. The van der Waals surface area contributed by atoms with Crippen LogP contribution in [-0.2, 0) is 4.74 Å². The van der Waals surface area contributed by atoms with Crippen LogP contribution in [0.1, 0.15) is 10.4 Å². The number of carbonyl (C=O) groups excluding carboxylic acids is 1. The van der Waals surface area contributed by atoms with Crippen molar-refractivity contribution >= 4 is 17.5 Å². The van der Waals surface area contributed by atoms with Gasteiger partial charge >= 0.3 is 0 Å². The first-order chi connectivity index (χ1) is 8.63. The summed E-state index contributed by atoms with van der Waals surface area (Å²) in [6.07, 6.45) is 0. The van der Waals surface area contributed by atoms with Crippen molar-refractivity contribution in [2.45, 2.75) is 0 Å². The number of methoxy groups -OCH3 is 3. The van der Waals surface area contributed by atoms with Gasteiger partial charge in [-0.3, -0.25) is 4.79 Å². The van der Waals surface area contributed by atoms with E-state index in [1.54, 1.807) is 13.2 Å². The molecule has 0 saturated heterocycles. The summed E-state index contributed by atoms with van der Waals surface area (Å²) in [5.74, 6) is 0.587. The number of hydrogen-bond donors (Lipinski definition) is 1. The van der Waals surface area contributed by atoms with Crippen molar-refractivity contribution in [2.24, 2.45) is 0 Å². The standard InChI is InChI=1S/C12H16ClNO4/c1-16-5-4-14-12(15)8-6-9(13)11(18-3)10(7-8)17-2/h6-7H,4-5H2,1-3H3,(H,14,15). The van der Waals surface area contributed by atoms with Crippen LogP contribution in [-0.4, -0.2) is 40.4 Å². The average molecular weight is 274 g/mol. The Labute approximate surface area is 111 Å². The van der Waals surface area contributed by atoms with Gasteiger partial charge in [0.2, 0.25) is 0 Å². The van der Waals surface area contributed by atoms with Gasteiger partial charge in [0, 0.05) is 19.2 Å². The van der Waals surface area contributed by atoms with Crippen LogP contribution >= 0.6 is 11.6 Å². The molecule has 100 valence electrons. The molecule has 0 fully saturated rings. The zero-order chi connectivity index (χ0) is 13.5. The highest BCUT2D eigenvalue weighted by molar-refractivity contribution is 6.32. The van der Waals surface area contributed by atoms with Gasteiger partial charge in [0.1, 0.15) is 0 Å². The van der Waals surface area contributed by atoms with Crippen molar-refractivity contribution in [2.75, 3.05) is 34.5 Å². The molecular weight excluding hydrogens is 258 g/mol. The molecule has 0 unspecified atom stereocenters. The number of carbonyl (C=O) groups is 1. The zero-order valence-corrected chi connectivity index (χ0v) is 11.3. The smallest absolute Gasteiger partial charge is 0.251 e. The van der Waals surface area contributed by atoms with Crippen molar-refractivity contribution in [3.63, 3.8) is 0 Å². The molecule has 1 amide bonds. The predicted molar refractivity (Wildman–Crippen MR) is 68.8 cm³/mol. The van der Waals surface area contributed by atoms with Crippen LogP contribution in [0.2, 0.25) is 5.02 Å². The van der Waals surface area contributed by atoms with Crippen LogP contribution in [0.3, 0.4) is 0 Å². The number of amides is 1. The number of benzene rings is 1. The third-order valence-corrected chi connectivity index (χ3v) is 2.57. The van der Waals surface area contributed by atoms with E-state index < -0.39 is 0 Å². The summed E-state index contributed by atoms with van der Waals surface area (Å²) in [5, 5.41) is 3.02. The highest BCUT2D eigenvalue weighted by Gasteiger charge is 2.14. The Balaban J connectivity index is 2.90. The summed E-state index contributed by atoms with van der Waals surface area (Å²) in [6, 6.07) is 3.11. The monoisotopic (exact) mass is 273 g/mol. The maximum atomic E-state index is 11.8. The molecule has 1 N–H and O–H groups in total. The van der Waals surface area contributed by atoms with Gasteiger partial charge in [-0.15, -0.1) is 0 Å². The van der Waals surface area contributed by atoms with E-state index in [1.807, 2.05) is 0 Å². The van der Waals surface area contributed by atoms with Crippen molar-refractivity contribution in [3.8, 4) is 11.5 Å². The molecule has 1 rings (SSSR count). The van der Waals surface area contributed by atoms with Gasteiger partial charge < -0.3 is 19.5 Å². The summed E-state index contributed by atoms with van der Waals surface area (Å²) in [5.41, 5.74) is 0.411. The lowest BCUT2D eigenvalue weighted by atomic mass is 10.2. The number of ether oxygens (including phenoxy) is 3. The summed E-state index contributed by atoms with van der Waals surface area (Å²) >= 11 is 6.01. The van der Waals surface area contributed by atoms with Gasteiger partial charge in [0.15, 0.2) is 11.5 Å². The van der Waals surface area contributed by atoms with E-state index in [0.29, 0.717) is 35.2 Å². The SMILES string of the molecule is COCCNC(=O)c1cc(Cl)c(OC)c(OC)c1. The molecule has 0 radical (unpaired) electrons. The van der Waals surface area contributed by atoms with E-state index in [0.717, 1.165) is 0 Å². The molecule has 5 nitrogen and oxygen atoms in total. The highest BCUT2D eigenvalue weighted by Crippen LogP contribution is 2.35. The van der Waals surface area contributed by atoms with E-state index in [9.17, 15) is 4.79 Å². The molecular formula is C12H16ClNO4. The first kappa shape index (κ1) is 14.6. The van der Waals surface area contributed by atoms with Crippen molar-refractivity contribution in [3.05, 3.63) is 22.7 Å². The number of rotatable bonds is 6. The fourth-order valence-electron chi connectivity index (χ4n) is 1.42. The van der Waals surface area contributed by atoms with Crippen molar-refractivity contribution in [1.29, 1.82) is 0 Å². The second-order valence-corrected chi connectivity index (χ2v) is 3.85. The van der Waals surface area contributed by atoms with Crippen molar-refractivity contribution in [1.82, 2.24) is 5.32 Å². The van der Waals surface area contributed by atoms with Gasteiger partial charge in [0.05, 0.1) is 25.8 Å². The third kappa shape index (κ3) is 3.51. The third-order valence-electron chi connectivity index (χ3n) is 2.29. The Morgan fingerprint density at radius 3 is 2.56 bits per heavy atom. The highest BCUT2D eigenvalue weighted by atomic mass is 35.5. The number of nitrogens with one attached hydrogen (secondary N) is 1. The first-order valence-corrected chi connectivity index (χ1v) is 5.70. The van der Waals surface area contributed by atoms with Crippen LogP contribution in [0.15, 0.2) is 12.1 Å². The maximum Gasteiger partial charge on any atom is 0.251 e. The minimum atomic E-state index is -0.241. The second kappa shape index (κ2) is 7.08. The molecule has 0 aliphatic heterocycles. The van der Waals surface area contributed by atoms with Crippen LogP contribution in [0.4, 0.5) is 0 Å². The predicted octanol–water partition coefficient (Wildman–Crippen LogP) is 1.73.